The van der Waals surface area contributed by atoms with Crippen LogP contribution in [0.1, 0.15) is 12.5 Å². The molecule has 1 aliphatic rings. The highest BCUT2D eigenvalue weighted by Crippen LogP contribution is 2.24. The first-order valence-corrected chi connectivity index (χ1v) is 8.54. The monoisotopic (exact) mass is 349 g/mol. The van der Waals surface area contributed by atoms with E-state index in [1.807, 2.05) is 35.2 Å². The fourth-order valence-electron chi connectivity index (χ4n) is 2.86. The van der Waals surface area contributed by atoms with E-state index in [0.717, 1.165) is 17.9 Å². The van der Waals surface area contributed by atoms with Gasteiger partial charge in [0.25, 0.3) is 0 Å². The number of hydrogen-bond donors (Lipinski definition) is 1. The van der Waals surface area contributed by atoms with Crippen LogP contribution in [0.4, 0.5) is 11.5 Å². The van der Waals surface area contributed by atoms with Crippen LogP contribution in [-0.4, -0.2) is 43.7 Å². The molecule has 1 saturated heterocycles. The summed E-state index contributed by atoms with van der Waals surface area (Å²) in [7, 11) is 0. The Morgan fingerprint density at radius 1 is 1.15 bits per heavy atom. The number of rotatable bonds is 5. The fourth-order valence-corrected chi connectivity index (χ4v) is 2.86. The topological polar surface area (TPSA) is 88.8 Å². The fraction of sp³-hybridized carbons (Fsp3) is 0.278. The van der Waals surface area contributed by atoms with Gasteiger partial charge in [0.15, 0.2) is 5.82 Å². The first-order valence-electron chi connectivity index (χ1n) is 8.54. The molecule has 0 spiro atoms. The van der Waals surface area contributed by atoms with Crippen LogP contribution in [0.25, 0.3) is 5.82 Å². The first kappa shape index (κ1) is 16.2. The molecular weight excluding hydrogens is 330 g/mol. The highest BCUT2D eigenvalue weighted by molar-refractivity contribution is 5.94. The molecule has 1 aliphatic heterocycles. The molecule has 0 bridgehead atoms. The SMILES string of the molecule is CCc1ccc(NC(=O)C2CN(c3cc(-n4cncn4)ncn3)C2)cc1. The number of carbonyl (C=O) groups is 1. The van der Waals surface area contributed by atoms with Gasteiger partial charge in [-0.25, -0.2) is 19.6 Å². The minimum atomic E-state index is -0.0503. The number of hydrogen-bond acceptors (Lipinski definition) is 6. The zero-order valence-corrected chi connectivity index (χ0v) is 14.4. The first-order chi connectivity index (χ1) is 12.7. The van der Waals surface area contributed by atoms with Crippen molar-refractivity contribution in [3.8, 4) is 5.82 Å². The molecule has 2 aromatic heterocycles. The zero-order chi connectivity index (χ0) is 17.9. The summed E-state index contributed by atoms with van der Waals surface area (Å²) in [6.45, 7) is 3.37. The van der Waals surface area contributed by atoms with Gasteiger partial charge in [0.05, 0.1) is 5.92 Å². The van der Waals surface area contributed by atoms with Crippen molar-refractivity contribution >= 4 is 17.4 Å². The molecule has 1 N–H and O–H groups in total. The molecular formula is C18H19N7O. The maximum atomic E-state index is 12.4. The van der Waals surface area contributed by atoms with E-state index in [-0.39, 0.29) is 11.8 Å². The van der Waals surface area contributed by atoms with Crippen LogP contribution in [0.2, 0.25) is 0 Å². The van der Waals surface area contributed by atoms with Crippen molar-refractivity contribution in [2.75, 3.05) is 23.3 Å². The van der Waals surface area contributed by atoms with Crippen molar-refractivity contribution in [1.29, 1.82) is 0 Å². The average molecular weight is 349 g/mol. The zero-order valence-electron chi connectivity index (χ0n) is 14.4. The normalized spacial score (nSPS) is 14.1. The lowest BCUT2D eigenvalue weighted by Gasteiger charge is -2.39. The lowest BCUT2D eigenvalue weighted by Crippen LogP contribution is -2.52. The van der Waals surface area contributed by atoms with Gasteiger partial charge < -0.3 is 10.2 Å². The molecule has 8 heteroatoms. The van der Waals surface area contributed by atoms with Crippen molar-refractivity contribution < 1.29 is 4.79 Å². The van der Waals surface area contributed by atoms with Crippen molar-refractivity contribution in [2.24, 2.45) is 5.92 Å². The number of benzene rings is 1. The molecule has 26 heavy (non-hydrogen) atoms. The van der Waals surface area contributed by atoms with E-state index in [0.29, 0.717) is 18.9 Å². The number of aromatic nitrogens is 5. The quantitative estimate of drug-likeness (QED) is 0.754. The van der Waals surface area contributed by atoms with Crippen molar-refractivity contribution in [1.82, 2.24) is 24.7 Å². The van der Waals surface area contributed by atoms with Gasteiger partial charge in [-0.1, -0.05) is 19.1 Å². The molecule has 3 heterocycles. The van der Waals surface area contributed by atoms with Gasteiger partial charge in [0.2, 0.25) is 5.91 Å². The summed E-state index contributed by atoms with van der Waals surface area (Å²) in [6.07, 6.45) is 5.53. The highest BCUT2D eigenvalue weighted by Gasteiger charge is 2.33. The maximum Gasteiger partial charge on any atom is 0.231 e. The smallest absolute Gasteiger partial charge is 0.231 e. The Morgan fingerprint density at radius 2 is 1.92 bits per heavy atom. The summed E-state index contributed by atoms with van der Waals surface area (Å²) in [5.74, 6) is 1.42. The van der Waals surface area contributed by atoms with Crippen LogP contribution in [-0.2, 0) is 11.2 Å². The number of anilines is 2. The van der Waals surface area contributed by atoms with E-state index < -0.39 is 0 Å². The van der Waals surface area contributed by atoms with Crippen LogP contribution >= 0.6 is 0 Å². The second-order valence-electron chi connectivity index (χ2n) is 6.22. The molecule has 3 aromatic rings. The van der Waals surface area contributed by atoms with E-state index >= 15 is 0 Å². The Kier molecular flexibility index (Phi) is 4.30. The molecule has 0 radical (unpaired) electrons. The Bertz CT molecular complexity index is 886. The molecule has 0 unspecified atom stereocenters. The van der Waals surface area contributed by atoms with Crippen LogP contribution < -0.4 is 10.2 Å². The van der Waals surface area contributed by atoms with E-state index in [4.69, 9.17) is 0 Å². The van der Waals surface area contributed by atoms with Crippen LogP contribution in [0.3, 0.4) is 0 Å². The van der Waals surface area contributed by atoms with Gasteiger partial charge in [0, 0.05) is 24.8 Å². The van der Waals surface area contributed by atoms with Crippen LogP contribution in [0.15, 0.2) is 49.3 Å². The van der Waals surface area contributed by atoms with Gasteiger partial charge in [-0.05, 0) is 24.1 Å². The molecule has 8 nitrogen and oxygen atoms in total. The summed E-state index contributed by atoms with van der Waals surface area (Å²) in [5.41, 5.74) is 2.09. The largest absolute Gasteiger partial charge is 0.355 e. The Morgan fingerprint density at radius 3 is 2.62 bits per heavy atom. The Hall–Kier alpha value is -3.29. The van der Waals surface area contributed by atoms with Crippen molar-refractivity contribution in [3.63, 3.8) is 0 Å². The van der Waals surface area contributed by atoms with Crippen molar-refractivity contribution in [3.05, 3.63) is 54.9 Å². The van der Waals surface area contributed by atoms with Crippen molar-refractivity contribution in [2.45, 2.75) is 13.3 Å². The molecule has 132 valence electrons. The van der Waals surface area contributed by atoms with Gasteiger partial charge in [0.1, 0.15) is 24.8 Å². The summed E-state index contributed by atoms with van der Waals surface area (Å²) in [6, 6.07) is 9.81. The highest BCUT2D eigenvalue weighted by atomic mass is 16.2. The maximum absolute atomic E-state index is 12.4. The Labute approximate surface area is 150 Å². The summed E-state index contributed by atoms with van der Waals surface area (Å²) in [4.78, 5) is 26.8. The Balaban J connectivity index is 1.36. The average Bonchev–Trinajstić information content (AvgIpc) is 3.16. The van der Waals surface area contributed by atoms with Gasteiger partial charge in [-0.15, -0.1) is 0 Å². The lowest BCUT2D eigenvalue weighted by atomic mass is 9.99. The van der Waals surface area contributed by atoms with Gasteiger partial charge in [-0.2, -0.15) is 5.10 Å². The number of amides is 1. The molecule has 1 aromatic carbocycles. The second-order valence-corrected chi connectivity index (χ2v) is 6.22. The third kappa shape index (κ3) is 3.26. The van der Waals surface area contributed by atoms with E-state index in [2.05, 4.69) is 32.3 Å². The standard InChI is InChI=1S/C18H19N7O/c1-2-13-3-5-15(6-4-13)23-18(26)14-8-24(9-14)16-7-17(21-11-20-16)25-12-19-10-22-25/h3-7,10-12,14H,2,8-9H2,1H3,(H,23,26). The van der Waals surface area contributed by atoms with E-state index in [1.54, 1.807) is 11.0 Å². The minimum Gasteiger partial charge on any atom is -0.355 e. The van der Waals surface area contributed by atoms with Gasteiger partial charge >= 0.3 is 0 Å². The third-order valence-corrected chi connectivity index (χ3v) is 4.50. The molecule has 0 atom stereocenters. The molecule has 1 fully saturated rings. The second kappa shape index (κ2) is 6.91. The van der Waals surface area contributed by atoms with Gasteiger partial charge in [-0.3, -0.25) is 4.79 Å². The minimum absolute atomic E-state index is 0.0380. The van der Waals surface area contributed by atoms with E-state index in [9.17, 15) is 4.79 Å². The molecule has 1 amide bonds. The predicted molar refractivity (Wildman–Crippen MR) is 97.1 cm³/mol. The summed E-state index contributed by atoms with van der Waals surface area (Å²) < 4.78 is 1.58. The molecule has 4 rings (SSSR count). The molecule has 0 aliphatic carbocycles. The summed E-state index contributed by atoms with van der Waals surface area (Å²) in [5, 5.41) is 7.05. The molecule has 0 saturated carbocycles. The number of aryl methyl sites for hydroxylation is 1. The van der Waals surface area contributed by atoms with Crippen LogP contribution in [0.5, 0.6) is 0 Å². The number of nitrogens with one attached hydrogen (secondary N) is 1. The predicted octanol–water partition coefficient (Wildman–Crippen LogP) is 1.69. The number of nitrogens with zero attached hydrogens (tertiary/aromatic N) is 6. The third-order valence-electron chi connectivity index (χ3n) is 4.50. The summed E-state index contributed by atoms with van der Waals surface area (Å²) >= 11 is 0. The van der Waals surface area contributed by atoms with Crippen LogP contribution in [0, 0.1) is 5.92 Å². The lowest BCUT2D eigenvalue weighted by molar-refractivity contribution is -0.120. The number of carbonyl (C=O) groups excluding carboxylic acids is 1. The van der Waals surface area contributed by atoms with E-state index in [1.165, 1.54) is 18.2 Å².